The fourth-order valence-electron chi connectivity index (χ4n) is 8.73. The van der Waals surface area contributed by atoms with Crippen molar-refractivity contribution >= 4 is 45.8 Å². The molecule has 8 rings (SSSR count). The first kappa shape index (κ1) is 37.3. The Bertz CT molecular complexity index is 2380. The molecule has 2 aliphatic heterocycles. The molecule has 56 heavy (non-hydrogen) atoms. The second-order valence-corrected chi connectivity index (χ2v) is 15.0. The van der Waals surface area contributed by atoms with E-state index < -0.39 is 60.1 Å². The molecule has 5 aromatic rings. The van der Waals surface area contributed by atoms with E-state index in [0.29, 0.717) is 55.5 Å². The molecule has 19 heteroatoms. The number of aromatic nitrogens is 7. The molecule has 1 unspecified atom stereocenters. The maximum Gasteiger partial charge on any atom is 0.329 e. The van der Waals surface area contributed by atoms with E-state index >= 15 is 8.78 Å². The van der Waals surface area contributed by atoms with Crippen LogP contribution in [0, 0.1) is 5.92 Å². The minimum atomic E-state index is -3.10. The molecule has 0 radical (unpaired) electrons. The van der Waals surface area contributed by atoms with Crippen molar-refractivity contribution in [2.45, 2.75) is 75.4 Å². The standard InChI is InChI=1S/C37H41F4N11O4/c1-47(18-21-7-9-22(10-8-21)51-19-24(30(46-51)32(38)39)44-34(54)23-17-43-50-15-4-14-42-33(23)50)28-13-16-49(20-37(28,40)41)25-5-3-6-26-31(25)48(2)36(56)52(26)27-11-12-29(53)45-35(27)55/h3-6,14-15,17,19,21-22,27-28,32H,7-13,16,18,20H2,1-2H3,(H,44,54)(H,45,53,55)/t21?,22?,27?,28-/m0/s1. The molecule has 3 fully saturated rings. The summed E-state index contributed by atoms with van der Waals surface area (Å²) >= 11 is 0. The van der Waals surface area contributed by atoms with Crippen LogP contribution in [0.15, 0.2) is 53.8 Å². The van der Waals surface area contributed by atoms with Crippen molar-refractivity contribution in [3.63, 3.8) is 0 Å². The lowest BCUT2D eigenvalue weighted by Gasteiger charge is -2.44. The zero-order valence-corrected chi connectivity index (χ0v) is 30.7. The third kappa shape index (κ3) is 6.70. The summed E-state index contributed by atoms with van der Waals surface area (Å²) in [6.07, 6.45) is 5.92. The highest BCUT2D eigenvalue weighted by molar-refractivity contribution is 6.08. The highest BCUT2D eigenvalue weighted by Crippen LogP contribution is 2.39. The van der Waals surface area contributed by atoms with Crippen molar-refractivity contribution < 1.29 is 31.9 Å². The molecule has 3 amide bonds. The number of para-hydroxylation sites is 1. The maximum absolute atomic E-state index is 16.1. The van der Waals surface area contributed by atoms with Gasteiger partial charge < -0.3 is 10.2 Å². The van der Waals surface area contributed by atoms with Gasteiger partial charge in [-0.05, 0) is 69.7 Å². The number of nitrogens with one attached hydrogen (secondary N) is 2. The number of hydrogen-bond donors (Lipinski definition) is 2. The summed E-state index contributed by atoms with van der Waals surface area (Å²) in [4.78, 5) is 58.3. The Kier molecular flexibility index (Phi) is 9.66. The number of carbonyl (C=O) groups is 3. The Morgan fingerprint density at radius 2 is 1.88 bits per heavy atom. The number of amides is 3. The number of rotatable bonds is 9. The van der Waals surface area contributed by atoms with E-state index in [9.17, 15) is 28.0 Å². The summed E-state index contributed by atoms with van der Waals surface area (Å²) in [5, 5.41) is 13.1. The minimum Gasteiger partial charge on any atom is -0.364 e. The molecule has 3 aliphatic rings. The molecule has 2 saturated heterocycles. The Hall–Kier alpha value is -5.59. The smallest absolute Gasteiger partial charge is 0.329 e. The third-order valence-electron chi connectivity index (χ3n) is 11.5. The van der Waals surface area contributed by atoms with Crippen LogP contribution in [0.4, 0.5) is 28.9 Å². The molecule has 1 saturated carbocycles. The van der Waals surface area contributed by atoms with Crippen molar-refractivity contribution in [2.75, 3.05) is 36.9 Å². The fourth-order valence-corrected chi connectivity index (χ4v) is 8.73. The summed E-state index contributed by atoms with van der Waals surface area (Å²) in [7, 11) is 3.26. The molecule has 296 valence electrons. The minimum absolute atomic E-state index is 0.0898. The van der Waals surface area contributed by atoms with Crippen LogP contribution in [-0.4, -0.2) is 94.8 Å². The van der Waals surface area contributed by atoms with Crippen LogP contribution in [0.25, 0.3) is 16.7 Å². The van der Waals surface area contributed by atoms with Crippen LogP contribution in [0.1, 0.15) is 79.5 Å². The van der Waals surface area contributed by atoms with Crippen molar-refractivity contribution in [3.05, 3.63) is 70.8 Å². The van der Waals surface area contributed by atoms with Gasteiger partial charge >= 0.3 is 5.69 Å². The van der Waals surface area contributed by atoms with E-state index in [1.54, 1.807) is 54.4 Å². The molecule has 6 heterocycles. The second kappa shape index (κ2) is 14.5. The Labute approximate surface area is 317 Å². The van der Waals surface area contributed by atoms with Gasteiger partial charge in [0.2, 0.25) is 11.8 Å². The fraction of sp³-hybridized carbons (Fsp3) is 0.486. The van der Waals surface area contributed by atoms with E-state index in [4.69, 9.17) is 0 Å². The van der Waals surface area contributed by atoms with Crippen LogP contribution in [0.3, 0.4) is 0 Å². The molecule has 1 aliphatic carbocycles. The Morgan fingerprint density at radius 1 is 1.09 bits per heavy atom. The number of anilines is 2. The monoisotopic (exact) mass is 779 g/mol. The summed E-state index contributed by atoms with van der Waals surface area (Å²) < 4.78 is 65.8. The highest BCUT2D eigenvalue weighted by Gasteiger charge is 2.47. The Morgan fingerprint density at radius 3 is 2.61 bits per heavy atom. The number of halogens is 4. The number of piperidine rings is 2. The van der Waals surface area contributed by atoms with Gasteiger partial charge in [-0.15, -0.1) is 0 Å². The van der Waals surface area contributed by atoms with Gasteiger partial charge in [0.15, 0.2) is 11.3 Å². The van der Waals surface area contributed by atoms with Gasteiger partial charge in [0.05, 0.1) is 47.2 Å². The summed E-state index contributed by atoms with van der Waals surface area (Å²) in [6, 6.07) is 4.60. The predicted molar refractivity (Wildman–Crippen MR) is 196 cm³/mol. The normalized spacial score (nSPS) is 23.0. The maximum atomic E-state index is 16.1. The summed E-state index contributed by atoms with van der Waals surface area (Å²) in [5.41, 5.74) is 0.659. The average molecular weight is 780 g/mol. The zero-order chi connectivity index (χ0) is 39.5. The molecular formula is C37H41F4N11O4. The zero-order valence-electron chi connectivity index (χ0n) is 30.7. The number of fused-ring (bicyclic) bond motifs is 2. The molecule has 2 N–H and O–H groups in total. The number of hydrogen-bond acceptors (Lipinski definition) is 9. The van der Waals surface area contributed by atoms with Crippen LogP contribution >= 0.6 is 0 Å². The Balaban J connectivity index is 0.903. The lowest BCUT2D eigenvalue weighted by atomic mass is 9.85. The van der Waals surface area contributed by atoms with E-state index in [1.165, 1.54) is 36.9 Å². The first-order valence-electron chi connectivity index (χ1n) is 18.6. The van der Waals surface area contributed by atoms with Crippen LogP contribution in [-0.2, 0) is 16.6 Å². The van der Waals surface area contributed by atoms with E-state index in [0.717, 1.165) is 0 Å². The SMILES string of the molecule is CN(CC1CCC(n2cc(NC(=O)c3cnn4cccnc34)c(C(F)F)n2)CC1)[C@H]1CCN(c2cccc3c2n(C)c(=O)n3C2CCC(=O)NC2=O)CC1(F)F. The van der Waals surface area contributed by atoms with Crippen molar-refractivity contribution in [3.8, 4) is 0 Å². The summed E-state index contributed by atoms with van der Waals surface area (Å²) in [6.45, 7) is 0.180. The van der Waals surface area contributed by atoms with Gasteiger partial charge in [0.1, 0.15) is 11.6 Å². The molecule has 15 nitrogen and oxygen atoms in total. The molecule has 4 aromatic heterocycles. The largest absolute Gasteiger partial charge is 0.364 e. The average Bonchev–Trinajstić information content (AvgIpc) is 3.86. The molecular weight excluding hydrogens is 738 g/mol. The first-order chi connectivity index (χ1) is 26.8. The second-order valence-electron chi connectivity index (χ2n) is 15.0. The van der Waals surface area contributed by atoms with Crippen molar-refractivity contribution in [2.24, 2.45) is 13.0 Å². The van der Waals surface area contributed by atoms with Gasteiger partial charge in [-0.2, -0.15) is 10.2 Å². The lowest BCUT2D eigenvalue weighted by molar-refractivity contribution is -0.135. The number of imide groups is 1. The van der Waals surface area contributed by atoms with Crippen molar-refractivity contribution in [1.29, 1.82) is 0 Å². The van der Waals surface area contributed by atoms with Gasteiger partial charge in [0, 0.05) is 45.1 Å². The highest BCUT2D eigenvalue weighted by atomic mass is 19.3. The number of nitrogens with zero attached hydrogens (tertiary/aromatic N) is 9. The topological polar surface area (TPSA) is 157 Å². The third-order valence-corrected chi connectivity index (χ3v) is 11.5. The van der Waals surface area contributed by atoms with E-state index in [2.05, 4.69) is 25.8 Å². The van der Waals surface area contributed by atoms with Gasteiger partial charge in [0.25, 0.3) is 18.3 Å². The molecule has 0 spiro atoms. The number of benzene rings is 1. The first-order valence-corrected chi connectivity index (χ1v) is 18.6. The van der Waals surface area contributed by atoms with Gasteiger partial charge in [-0.25, -0.2) is 31.9 Å². The van der Waals surface area contributed by atoms with Gasteiger partial charge in [-0.1, -0.05) is 6.07 Å². The summed E-state index contributed by atoms with van der Waals surface area (Å²) in [5.74, 6) is -4.60. The molecule has 1 aromatic carbocycles. The van der Waals surface area contributed by atoms with Crippen LogP contribution in [0.5, 0.6) is 0 Å². The molecule has 2 atom stereocenters. The quantitative estimate of drug-likeness (QED) is 0.164. The number of alkyl halides is 4. The number of aryl methyl sites for hydroxylation is 1. The molecule has 0 bridgehead atoms. The lowest BCUT2D eigenvalue weighted by Crippen LogP contribution is -2.58. The van der Waals surface area contributed by atoms with Crippen molar-refractivity contribution in [1.82, 2.24) is 43.7 Å². The number of imidazole rings is 1. The number of carbonyl (C=O) groups excluding carboxylic acids is 3. The van der Waals surface area contributed by atoms with Crippen LogP contribution in [0.2, 0.25) is 0 Å². The predicted octanol–water partition coefficient (Wildman–Crippen LogP) is 4.32. The van der Waals surface area contributed by atoms with E-state index in [-0.39, 0.29) is 48.1 Å². The van der Waals surface area contributed by atoms with Gasteiger partial charge in [-0.3, -0.25) is 38.4 Å². The van der Waals surface area contributed by atoms with E-state index in [1.807, 2.05) is 0 Å². The van der Waals surface area contributed by atoms with Crippen LogP contribution < -0.4 is 21.2 Å².